The van der Waals surface area contributed by atoms with Gasteiger partial charge in [-0.1, -0.05) is 30.3 Å². The van der Waals surface area contributed by atoms with Crippen LogP contribution in [0.5, 0.6) is 0 Å². The molecule has 2 heterocycles. The van der Waals surface area contributed by atoms with E-state index in [9.17, 15) is 0 Å². The maximum atomic E-state index is 6.34. The Hall–Kier alpha value is -1.72. The van der Waals surface area contributed by atoms with Crippen molar-refractivity contribution in [2.45, 2.75) is 12.3 Å². The van der Waals surface area contributed by atoms with Crippen LogP contribution in [0.3, 0.4) is 0 Å². The van der Waals surface area contributed by atoms with Crippen molar-refractivity contribution in [1.29, 1.82) is 0 Å². The van der Waals surface area contributed by atoms with Gasteiger partial charge in [-0.2, -0.15) is 0 Å². The van der Waals surface area contributed by atoms with E-state index in [4.69, 9.17) is 16.0 Å². The Labute approximate surface area is 119 Å². The van der Waals surface area contributed by atoms with Gasteiger partial charge in [-0.05, 0) is 12.5 Å². The second kappa shape index (κ2) is 5.11. The summed E-state index contributed by atoms with van der Waals surface area (Å²) in [7, 11) is 0. The Kier molecular flexibility index (Phi) is 3.31. The number of hydrogen-bond donors (Lipinski definition) is 0. The molecule has 0 fully saturated rings. The van der Waals surface area contributed by atoms with E-state index in [1.807, 2.05) is 37.3 Å². The minimum absolute atomic E-state index is 0.399. The third-order valence-corrected chi connectivity index (χ3v) is 4.04. The molecule has 96 valence electrons. The second-order valence-corrected chi connectivity index (χ2v) is 5.28. The topological polar surface area (TPSA) is 51.8 Å². The molecule has 19 heavy (non-hydrogen) atoms. The Morgan fingerprint density at radius 3 is 2.68 bits per heavy atom. The maximum absolute atomic E-state index is 6.34. The molecule has 0 N–H and O–H groups in total. The summed E-state index contributed by atoms with van der Waals surface area (Å²) in [6.45, 7) is 1.91. The Morgan fingerprint density at radius 2 is 2.00 bits per heavy atom. The smallest absolute Gasteiger partial charge is 0.259 e. The third-order valence-electron chi connectivity index (χ3n) is 2.69. The van der Waals surface area contributed by atoms with Gasteiger partial charge in [-0.15, -0.1) is 33.1 Å². The van der Waals surface area contributed by atoms with Gasteiger partial charge in [0.15, 0.2) is 0 Å². The van der Waals surface area contributed by atoms with Crippen LogP contribution in [-0.4, -0.2) is 15.2 Å². The molecule has 1 aromatic carbocycles. The van der Waals surface area contributed by atoms with Gasteiger partial charge in [0.05, 0.1) is 11.2 Å². The van der Waals surface area contributed by atoms with Crippen LogP contribution in [0.2, 0.25) is 0 Å². The number of aromatic nitrogens is 3. The summed E-state index contributed by atoms with van der Waals surface area (Å²) >= 11 is 7.81. The summed E-state index contributed by atoms with van der Waals surface area (Å²) in [6.07, 6.45) is 0. The number of hydrogen-bond acceptors (Lipinski definition) is 5. The summed E-state index contributed by atoms with van der Waals surface area (Å²) in [5.74, 6) is 0.868. The zero-order valence-electron chi connectivity index (χ0n) is 10.1. The molecule has 0 saturated heterocycles. The molecule has 0 bridgehead atoms. The molecule has 0 saturated carbocycles. The van der Waals surface area contributed by atoms with Crippen LogP contribution in [0.1, 0.15) is 22.5 Å². The predicted octanol–water partition coefficient (Wildman–Crippen LogP) is 3.83. The minimum Gasteiger partial charge on any atom is -0.418 e. The zero-order chi connectivity index (χ0) is 13.2. The summed E-state index contributed by atoms with van der Waals surface area (Å²) < 4.78 is 5.64. The lowest BCUT2D eigenvalue weighted by Gasteiger charge is -2.03. The van der Waals surface area contributed by atoms with Crippen molar-refractivity contribution < 1.29 is 4.42 Å². The summed E-state index contributed by atoms with van der Waals surface area (Å²) in [4.78, 5) is 5.05. The molecule has 1 unspecified atom stereocenters. The van der Waals surface area contributed by atoms with Crippen molar-refractivity contribution in [1.82, 2.24) is 15.2 Å². The number of aryl methyl sites for hydroxylation is 1. The number of halogens is 1. The van der Waals surface area contributed by atoms with Crippen LogP contribution in [0.25, 0.3) is 10.8 Å². The molecule has 2 aromatic heterocycles. The molecule has 0 aliphatic heterocycles. The van der Waals surface area contributed by atoms with Crippen LogP contribution in [0, 0.1) is 6.92 Å². The van der Waals surface area contributed by atoms with E-state index in [0.29, 0.717) is 11.8 Å². The van der Waals surface area contributed by atoms with Gasteiger partial charge in [-0.25, -0.2) is 4.98 Å². The number of nitrogens with zero attached hydrogens (tertiary/aromatic N) is 3. The van der Waals surface area contributed by atoms with E-state index in [1.54, 1.807) is 5.51 Å². The van der Waals surface area contributed by atoms with Crippen molar-refractivity contribution in [3.05, 3.63) is 53.0 Å². The van der Waals surface area contributed by atoms with Crippen LogP contribution in [0.15, 0.2) is 40.3 Å². The second-order valence-electron chi connectivity index (χ2n) is 3.99. The molecule has 3 rings (SSSR count). The monoisotopic (exact) mass is 291 g/mol. The van der Waals surface area contributed by atoms with Gasteiger partial charge in [0.1, 0.15) is 10.3 Å². The summed E-state index contributed by atoms with van der Waals surface area (Å²) in [5.41, 5.74) is 3.57. The average molecular weight is 292 g/mol. The molecule has 3 aromatic rings. The average Bonchev–Trinajstić information content (AvgIpc) is 3.07. The van der Waals surface area contributed by atoms with Crippen LogP contribution in [0.4, 0.5) is 0 Å². The van der Waals surface area contributed by atoms with E-state index < -0.39 is 5.38 Å². The molecule has 0 aliphatic rings. The van der Waals surface area contributed by atoms with E-state index >= 15 is 0 Å². The molecule has 0 amide bonds. The summed E-state index contributed by atoms with van der Waals surface area (Å²) in [5, 5.41) is 7.62. The van der Waals surface area contributed by atoms with Gasteiger partial charge in [0.25, 0.3) is 5.89 Å². The van der Waals surface area contributed by atoms with E-state index in [-0.39, 0.29) is 0 Å². The first-order valence-electron chi connectivity index (χ1n) is 5.68. The molecular formula is C13H10ClN3OS. The van der Waals surface area contributed by atoms with Crippen LogP contribution < -0.4 is 0 Å². The Bertz CT molecular complexity index is 680. The highest BCUT2D eigenvalue weighted by Crippen LogP contribution is 2.31. The maximum Gasteiger partial charge on any atom is 0.259 e. The van der Waals surface area contributed by atoms with Gasteiger partial charge in [0.2, 0.25) is 5.89 Å². The lowest BCUT2D eigenvalue weighted by molar-refractivity contribution is 0.514. The highest BCUT2D eigenvalue weighted by Gasteiger charge is 2.20. The quantitative estimate of drug-likeness (QED) is 0.688. The van der Waals surface area contributed by atoms with Crippen LogP contribution >= 0.6 is 22.9 Å². The normalized spacial score (nSPS) is 12.5. The Balaban J connectivity index is 1.92. The first kappa shape index (κ1) is 12.3. The first-order valence-corrected chi connectivity index (χ1v) is 7.00. The molecule has 0 radical (unpaired) electrons. The highest BCUT2D eigenvalue weighted by molar-refractivity contribution is 7.13. The molecule has 6 heteroatoms. The Morgan fingerprint density at radius 1 is 1.21 bits per heavy atom. The van der Waals surface area contributed by atoms with Crippen molar-refractivity contribution in [2.75, 3.05) is 0 Å². The zero-order valence-corrected chi connectivity index (χ0v) is 11.6. The molecule has 0 spiro atoms. The molecule has 0 aliphatic carbocycles. The van der Waals surface area contributed by atoms with E-state index in [0.717, 1.165) is 16.1 Å². The minimum atomic E-state index is -0.435. The standard InChI is InChI=1S/C13H10ClN3OS/c1-8-11(19-7-15-8)13-17-16-12(18-13)10(14)9-5-3-2-4-6-9/h2-7,10H,1H3. The largest absolute Gasteiger partial charge is 0.418 e. The third kappa shape index (κ3) is 2.39. The fourth-order valence-electron chi connectivity index (χ4n) is 1.70. The van der Waals surface area contributed by atoms with Gasteiger partial charge < -0.3 is 4.42 Å². The lowest BCUT2D eigenvalue weighted by Crippen LogP contribution is -1.92. The molecular weight excluding hydrogens is 282 g/mol. The number of benzene rings is 1. The molecule has 4 nitrogen and oxygen atoms in total. The summed E-state index contributed by atoms with van der Waals surface area (Å²) in [6, 6.07) is 9.65. The van der Waals surface area contributed by atoms with Crippen molar-refractivity contribution >= 4 is 22.9 Å². The first-order chi connectivity index (χ1) is 9.25. The lowest BCUT2D eigenvalue weighted by atomic mass is 10.1. The van der Waals surface area contributed by atoms with Gasteiger partial charge in [-0.3, -0.25) is 0 Å². The predicted molar refractivity (Wildman–Crippen MR) is 74.3 cm³/mol. The van der Waals surface area contributed by atoms with Gasteiger partial charge in [0, 0.05) is 0 Å². The number of thiazole rings is 1. The van der Waals surface area contributed by atoms with E-state index in [1.165, 1.54) is 11.3 Å². The van der Waals surface area contributed by atoms with Crippen molar-refractivity contribution in [3.8, 4) is 10.8 Å². The van der Waals surface area contributed by atoms with E-state index in [2.05, 4.69) is 15.2 Å². The van der Waals surface area contributed by atoms with Gasteiger partial charge >= 0.3 is 0 Å². The number of alkyl halides is 1. The van der Waals surface area contributed by atoms with Crippen LogP contribution in [-0.2, 0) is 0 Å². The van der Waals surface area contributed by atoms with Crippen molar-refractivity contribution in [3.63, 3.8) is 0 Å². The van der Waals surface area contributed by atoms with Crippen molar-refractivity contribution in [2.24, 2.45) is 0 Å². The fraction of sp³-hybridized carbons (Fsp3) is 0.154. The SMILES string of the molecule is Cc1ncsc1-c1nnc(C(Cl)c2ccccc2)o1. The number of rotatable bonds is 3. The highest BCUT2D eigenvalue weighted by atomic mass is 35.5. The molecule has 1 atom stereocenters. The fourth-order valence-corrected chi connectivity index (χ4v) is 2.66.